The summed E-state index contributed by atoms with van der Waals surface area (Å²) in [5.41, 5.74) is 1.78. The molecule has 0 amide bonds. The number of halogens is 1. The van der Waals surface area contributed by atoms with Gasteiger partial charge in [-0.15, -0.1) is 11.3 Å². The summed E-state index contributed by atoms with van der Waals surface area (Å²) in [5.74, 6) is 0.261. The number of hydrogen-bond donors (Lipinski definition) is 2. The number of hydrogen-bond acceptors (Lipinski definition) is 5. The molecule has 0 spiro atoms. The summed E-state index contributed by atoms with van der Waals surface area (Å²) in [4.78, 5) is 16.4. The Morgan fingerprint density at radius 2 is 2.12 bits per heavy atom. The first-order valence-corrected chi connectivity index (χ1v) is 8.90. The second-order valence-corrected chi connectivity index (χ2v) is 7.03. The average Bonchev–Trinajstić information content (AvgIpc) is 2.92. The van der Waals surface area contributed by atoms with E-state index in [9.17, 15) is 4.79 Å². The number of aromatic nitrogens is 1. The van der Waals surface area contributed by atoms with Crippen LogP contribution < -0.4 is 10.6 Å². The van der Waals surface area contributed by atoms with E-state index in [0.717, 1.165) is 21.3 Å². The van der Waals surface area contributed by atoms with Crippen LogP contribution in [0.4, 0.5) is 11.5 Å². The van der Waals surface area contributed by atoms with Crippen molar-refractivity contribution in [1.82, 2.24) is 4.98 Å². The number of methoxy groups -OCH3 is 1. The number of benzene rings is 1. The van der Waals surface area contributed by atoms with Gasteiger partial charge in [0.05, 0.1) is 12.1 Å². The topological polar surface area (TPSA) is 63.2 Å². The molecule has 0 atom stereocenters. The zero-order chi connectivity index (χ0) is 18.0. The summed E-state index contributed by atoms with van der Waals surface area (Å²) >= 11 is 12.9. The molecule has 0 radical (unpaired) electrons. The number of ether oxygens (including phenoxy) is 1. The van der Waals surface area contributed by atoms with Gasteiger partial charge in [0.2, 0.25) is 0 Å². The first kappa shape index (κ1) is 17.6. The molecule has 0 aliphatic carbocycles. The van der Waals surface area contributed by atoms with Gasteiger partial charge in [-0.1, -0.05) is 17.7 Å². The van der Waals surface area contributed by atoms with Crippen molar-refractivity contribution in [3.05, 3.63) is 52.0 Å². The fourth-order valence-electron chi connectivity index (χ4n) is 2.25. The van der Waals surface area contributed by atoms with E-state index in [1.54, 1.807) is 6.20 Å². The van der Waals surface area contributed by atoms with Gasteiger partial charge in [-0.25, -0.2) is 9.78 Å². The summed E-state index contributed by atoms with van der Waals surface area (Å²) in [6.07, 6.45) is 1.70. The van der Waals surface area contributed by atoms with E-state index in [1.165, 1.54) is 18.4 Å². The maximum absolute atomic E-state index is 11.8. The summed E-state index contributed by atoms with van der Waals surface area (Å²) in [6.45, 7) is 1.95. The highest BCUT2D eigenvalue weighted by molar-refractivity contribution is 7.80. The van der Waals surface area contributed by atoms with E-state index in [1.807, 2.05) is 37.3 Å². The molecule has 2 N–H and O–H groups in total. The van der Waals surface area contributed by atoms with Crippen LogP contribution in [0.5, 0.6) is 0 Å². The number of rotatable bonds is 3. The Kier molecular flexibility index (Phi) is 5.17. The molecule has 1 aromatic carbocycles. The van der Waals surface area contributed by atoms with Crippen molar-refractivity contribution in [2.75, 3.05) is 17.7 Å². The zero-order valence-electron chi connectivity index (χ0n) is 13.4. The van der Waals surface area contributed by atoms with Crippen LogP contribution in [-0.4, -0.2) is 23.2 Å². The van der Waals surface area contributed by atoms with Crippen LogP contribution >= 0.6 is 35.2 Å². The predicted molar refractivity (Wildman–Crippen MR) is 107 cm³/mol. The van der Waals surface area contributed by atoms with E-state index in [-0.39, 0.29) is 0 Å². The molecule has 0 bridgehead atoms. The Morgan fingerprint density at radius 1 is 1.32 bits per heavy atom. The van der Waals surface area contributed by atoms with Crippen LogP contribution in [0, 0.1) is 6.92 Å². The minimum atomic E-state index is -0.441. The Balaban J connectivity index is 1.81. The maximum atomic E-state index is 11.8. The van der Waals surface area contributed by atoms with Crippen molar-refractivity contribution in [2.45, 2.75) is 6.92 Å². The molecule has 2 heterocycles. The van der Waals surface area contributed by atoms with E-state index < -0.39 is 5.97 Å². The van der Waals surface area contributed by atoms with Gasteiger partial charge < -0.3 is 15.4 Å². The van der Waals surface area contributed by atoms with Gasteiger partial charge in [-0.2, -0.15) is 0 Å². The molecule has 0 aliphatic heterocycles. The molecule has 2 aromatic heterocycles. The number of fused-ring (bicyclic) bond motifs is 1. The number of carbonyl (C=O) groups is 1. The van der Waals surface area contributed by atoms with Gasteiger partial charge in [-0.3, -0.25) is 0 Å². The maximum Gasteiger partial charge on any atom is 0.349 e. The van der Waals surface area contributed by atoms with E-state index in [4.69, 9.17) is 28.6 Å². The molecule has 0 unspecified atom stereocenters. The molecule has 0 saturated heterocycles. The number of esters is 1. The molecule has 0 saturated carbocycles. The van der Waals surface area contributed by atoms with Crippen LogP contribution in [0.15, 0.2) is 36.5 Å². The van der Waals surface area contributed by atoms with Gasteiger partial charge in [0, 0.05) is 22.0 Å². The van der Waals surface area contributed by atoms with Crippen molar-refractivity contribution in [2.24, 2.45) is 0 Å². The van der Waals surface area contributed by atoms with Crippen LogP contribution in [0.2, 0.25) is 5.02 Å². The lowest BCUT2D eigenvalue weighted by Crippen LogP contribution is -2.20. The number of thiophene rings is 1. The van der Waals surface area contributed by atoms with Crippen molar-refractivity contribution in [3.63, 3.8) is 0 Å². The lowest BCUT2D eigenvalue weighted by molar-refractivity contribution is 0.0606. The third-order valence-electron chi connectivity index (χ3n) is 3.50. The van der Waals surface area contributed by atoms with Crippen molar-refractivity contribution in [3.8, 4) is 0 Å². The minimum Gasteiger partial charge on any atom is -0.465 e. The Labute approximate surface area is 159 Å². The van der Waals surface area contributed by atoms with E-state index >= 15 is 0 Å². The first-order chi connectivity index (χ1) is 12.0. The third-order valence-corrected chi connectivity index (χ3v) is 5.34. The zero-order valence-corrected chi connectivity index (χ0v) is 15.8. The molecule has 3 aromatic rings. The summed E-state index contributed by atoms with van der Waals surface area (Å²) in [5, 5.41) is 7.81. The molecule has 128 valence electrons. The van der Waals surface area contributed by atoms with Gasteiger partial charge >= 0.3 is 5.97 Å². The number of anilines is 2. The summed E-state index contributed by atoms with van der Waals surface area (Å²) in [7, 11) is 1.33. The van der Waals surface area contributed by atoms with Gasteiger partial charge in [0.1, 0.15) is 10.7 Å². The van der Waals surface area contributed by atoms with Crippen LogP contribution in [-0.2, 0) is 4.74 Å². The standard InChI is InChI=1S/C17H14ClN3O2S2/c1-9-4-3-7-19-15(9)21-17(24)20-10-5-6-11-12(8-10)25-14(13(11)18)16(22)23-2/h3-8H,1-2H3,(H2,19,20,21,24). The molecule has 8 heteroatoms. The van der Waals surface area contributed by atoms with Crippen molar-refractivity contribution >= 4 is 67.8 Å². The fourth-order valence-corrected chi connectivity index (χ4v) is 3.93. The third kappa shape index (κ3) is 3.73. The predicted octanol–water partition coefficient (Wildman–Crippen LogP) is 4.85. The smallest absolute Gasteiger partial charge is 0.349 e. The monoisotopic (exact) mass is 391 g/mol. The molecule has 25 heavy (non-hydrogen) atoms. The van der Waals surface area contributed by atoms with Crippen molar-refractivity contribution in [1.29, 1.82) is 0 Å². The highest BCUT2D eigenvalue weighted by atomic mass is 35.5. The van der Waals surface area contributed by atoms with E-state index in [0.29, 0.717) is 20.8 Å². The van der Waals surface area contributed by atoms with Crippen LogP contribution in [0.1, 0.15) is 15.2 Å². The number of aryl methyl sites for hydroxylation is 1. The molecular formula is C17H14ClN3O2S2. The summed E-state index contributed by atoms with van der Waals surface area (Å²) in [6, 6.07) is 9.40. The SMILES string of the molecule is COC(=O)c1sc2cc(NC(=S)Nc3ncccc3C)ccc2c1Cl. The molecule has 0 fully saturated rings. The Bertz CT molecular complexity index is 972. The van der Waals surface area contributed by atoms with Gasteiger partial charge in [-0.05, 0) is 49.0 Å². The quantitative estimate of drug-likeness (QED) is 0.491. The van der Waals surface area contributed by atoms with Crippen molar-refractivity contribution < 1.29 is 9.53 Å². The number of pyridine rings is 1. The van der Waals surface area contributed by atoms with Gasteiger partial charge in [0.25, 0.3) is 0 Å². The largest absolute Gasteiger partial charge is 0.465 e. The van der Waals surface area contributed by atoms with Gasteiger partial charge in [0.15, 0.2) is 5.11 Å². The second kappa shape index (κ2) is 7.35. The lowest BCUT2D eigenvalue weighted by atomic mass is 10.2. The number of nitrogens with zero attached hydrogens (tertiary/aromatic N) is 1. The highest BCUT2D eigenvalue weighted by Crippen LogP contribution is 2.37. The second-order valence-electron chi connectivity index (χ2n) is 5.20. The summed E-state index contributed by atoms with van der Waals surface area (Å²) < 4.78 is 5.62. The highest BCUT2D eigenvalue weighted by Gasteiger charge is 2.17. The first-order valence-electron chi connectivity index (χ1n) is 7.29. The Morgan fingerprint density at radius 3 is 2.84 bits per heavy atom. The number of thiocarbonyl (C=S) groups is 1. The van der Waals surface area contributed by atoms with E-state index in [2.05, 4.69) is 15.6 Å². The number of carbonyl (C=O) groups excluding carboxylic acids is 1. The fraction of sp³-hybridized carbons (Fsp3) is 0.118. The normalized spacial score (nSPS) is 10.5. The molecule has 3 rings (SSSR count). The van der Waals surface area contributed by atoms with Crippen LogP contribution in [0.3, 0.4) is 0 Å². The average molecular weight is 392 g/mol. The number of nitrogens with one attached hydrogen (secondary N) is 2. The molecular weight excluding hydrogens is 378 g/mol. The molecule has 5 nitrogen and oxygen atoms in total. The molecule has 0 aliphatic rings. The lowest BCUT2D eigenvalue weighted by Gasteiger charge is -2.11. The van der Waals surface area contributed by atoms with Crippen LogP contribution in [0.25, 0.3) is 10.1 Å². The Hall–Kier alpha value is -2.22. The minimum absolute atomic E-state index is 0.390.